The molecular formula is C14H17N3O3. The van der Waals surface area contributed by atoms with Gasteiger partial charge >= 0.3 is 0 Å². The lowest BCUT2D eigenvalue weighted by Gasteiger charge is -2.20. The molecule has 1 fully saturated rings. The molecule has 2 atom stereocenters. The summed E-state index contributed by atoms with van der Waals surface area (Å²) in [6, 6.07) is 9.79. The number of methoxy groups -OCH3 is 1. The minimum Gasteiger partial charge on any atom is -0.378 e. The van der Waals surface area contributed by atoms with Gasteiger partial charge in [0.15, 0.2) is 0 Å². The molecule has 106 valence electrons. The maximum absolute atomic E-state index is 5.49. The van der Waals surface area contributed by atoms with Crippen LogP contribution in [-0.2, 0) is 9.47 Å². The molecule has 1 aromatic carbocycles. The summed E-state index contributed by atoms with van der Waals surface area (Å²) < 4.78 is 16.2. The van der Waals surface area contributed by atoms with E-state index in [1.165, 1.54) is 0 Å². The second-order valence-corrected chi connectivity index (χ2v) is 4.60. The van der Waals surface area contributed by atoms with Crippen molar-refractivity contribution in [1.82, 2.24) is 15.5 Å². The zero-order valence-corrected chi connectivity index (χ0v) is 11.3. The SMILES string of the molecule is COC(c1ccccc1)c1noc(C2COCCN2)n1. The molecule has 0 spiro atoms. The number of nitrogens with zero attached hydrogens (tertiary/aromatic N) is 2. The van der Waals surface area contributed by atoms with Gasteiger partial charge in [-0.25, -0.2) is 0 Å². The Morgan fingerprint density at radius 2 is 2.20 bits per heavy atom. The highest BCUT2D eigenvalue weighted by atomic mass is 16.5. The lowest BCUT2D eigenvalue weighted by Crippen LogP contribution is -2.34. The van der Waals surface area contributed by atoms with E-state index >= 15 is 0 Å². The molecule has 1 saturated heterocycles. The van der Waals surface area contributed by atoms with Crippen molar-refractivity contribution in [1.29, 1.82) is 0 Å². The Kier molecular flexibility index (Phi) is 4.05. The van der Waals surface area contributed by atoms with Crippen molar-refractivity contribution >= 4 is 0 Å². The molecule has 0 bridgehead atoms. The van der Waals surface area contributed by atoms with Gasteiger partial charge in [-0.3, -0.25) is 0 Å². The molecular weight excluding hydrogens is 258 g/mol. The third-order valence-corrected chi connectivity index (χ3v) is 3.25. The Bertz CT molecular complexity index is 538. The molecule has 1 aliphatic heterocycles. The first-order valence-electron chi connectivity index (χ1n) is 6.61. The highest BCUT2D eigenvalue weighted by molar-refractivity contribution is 5.22. The Hall–Kier alpha value is -1.76. The number of hydrogen-bond acceptors (Lipinski definition) is 6. The van der Waals surface area contributed by atoms with Crippen molar-refractivity contribution in [3.8, 4) is 0 Å². The average molecular weight is 275 g/mol. The van der Waals surface area contributed by atoms with Gasteiger partial charge in [-0.2, -0.15) is 4.98 Å². The number of rotatable bonds is 4. The second-order valence-electron chi connectivity index (χ2n) is 4.60. The molecule has 1 aromatic heterocycles. The number of nitrogens with one attached hydrogen (secondary N) is 1. The summed E-state index contributed by atoms with van der Waals surface area (Å²) in [6.07, 6.45) is -0.321. The highest BCUT2D eigenvalue weighted by Gasteiger charge is 2.25. The molecule has 0 saturated carbocycles. The second kappa shape index (κ2) is 6.13. The predicted molar refractivity (Wildman–Crippen MR) is 71.2 cm³/mol. The minimum atomic E-state index is -0.321. The van der Waals surface area contributed by atoms with E-state index in [4.69, 9.17) is 14.0 Å². The Morgan fingerprint density at radius 1 is 1.35 bits per heavy atom. The number of hydrogen-bond donors (Lipinski definition) is 1. The van der Waals surface area contributed by atoms with Gasteiger partial charge in [0.2, 0.25) is 11.7 Å². The lowest BCUT2D eigenvalue weighted by atomic mass is 10.1. The summed E-state index contributed by atoms with van der Waals surface area (Å²) in [7, 11) is 1.63. The van der Waals surface area contributed by atoms with Crippen LogP contribution in [0.3, 0.4) is 0 Å². The molecule has 1 aliphatic rings. The smallest absolute Gasteiger partial charge is 0.246 e. The van der Waals surface area contributed by atoms with Crippen LogP contribution in [0.15, 0.2) is 34.9 Å². The van der Waals surface area contributed by atoms with Crippen LogP contribution in [0, 0.1) is 0 Å². The summed E-state index contributed by atoms with van der Waals surface area (Å²) in [5, 5.41) is 7.32. The lowest BCUT2D eigenvalue weighted by molar-refractivity contribution is 0.0659. The number of aromatic nitrogens is 2. The quantitative estimate of drug-likeness (QED) is 0.911. The van der Waals surface area contributed by atoms with Gasteiger partial charge in [0.05, 0.1) is 13.2 Å². The Morgan fingerprint density at radius 3 is 2.90 bits per heavy atom. The third-order valence-electron chi connectivity index (χ3n) is 3.25. The summed E-state index contributed by atoms with van der Waals surface area (Å²) in [4.78, 5) is 4.44. The molecule has 0 amide bonds. The molecule has 2 unspecified atom stereocenters. The van der Waals surface area contributed by atoms with Crippen molar-refractivity contribution in [2.75, 3.05) is 26.9 Å². The molecule has 2 aromatic rings. The van der Waals surface area contributed by atoms with Crippen molar-refractivity contribution < 1.29 is 14.0 Å². The van der Waals surface area contributed by atoms with E-state index in [2.05, 4.69) is 15.5 Å². The van der Waals surface area contributed by atoms with Crippen LogP contribution in [0.2, 0.25) is 0 Å². The monoisotopic (exact) mass is 275 g/mol. The Balaban J connectivity index is 1.81. The number of ether oxygens (including phenoxy) is 2. The average Bonchev–Trinajstić information content (AvgIpc) is 3.00. The fourth-order valence-corrected chi connectivity index (χ4v) is 2.24. The Labute approximate surface area is 117 Å². The molecule has 1 N–H and O–H groups in total. The van der Waals surface area contributed by atoms with Crippen LogP contribution in [0.25, 0.3) is 0 Å². The van der Waals surface area contributed by atoms with Crippen molar-refractivity contribution in [2.24, 2.45) is 0 Å². The van der Waals surface area contributed by atoms with Crippen LogP contribution in [0.1, 0.15) is 29.4 Å². The van der Waals surface area contributed by atoms with Crippen LogP contribution >= 0.6 is 0 Å². The molecule has 6 heteroatoms. The third kappa shape index (κ3) is 2.72. The van der Waals surface area contributed by atoms with Crippen LogP contribution in [-0.4, -0.2) is 37.0 Å². The standard InChI is InChI=1S/C14H17N3O3/c1-18-12(10-5-3-2-4-6-10)13-16-14(20-17-13)11-9-19-8-7-15-11/h2-6,11-12,15H,7-9H2,1H3. The van der Waals surface area contributed by atoms with Crippen molar-refractivity contribution in [3.63, 3.8) is 0 Å². The van der Waals surface area contributed by atoms with E-state index in [1.54, 1.807) is 7.11 Å². The summed E-state index contributed by atoms with van der Waals surface area (Å²) in [5.41, 5.74) is 0.996. The molecule has 2 heterocycles. The zero-order valence-electron chi connectivity index (χ0n) is 11.3. The normalized spacial score (nSPS) is 20.8. The highest BCUT2D eigenvalue weighted by Crippen LogP contribution is 2.24. The predicted octanol–water partition coefficient (Wildman–Crippen LogP) is 1.47. The van der Waals surface area contributed by atoms with E-state index in [-0.39, 0.29) is 12.1 Å². The maximum atomic E-state index is 5.49. The zero-order chi connectivity index (χ0) is 13.8. The molecule has 6 nitrogen and oxygen atoms in total. The van der Waals surface area contributed by atoms with Gasteiger partial charge in [0.25, 0.3) is 0 Å². The molecule has 3 rings (SSSR count). The first-order chi connectivity index (χ1) is 9.88. The fourth-order valence-electron chi connectivity index (χ4n) is 2.24. The van der Waals surface area contributed by atoms with Crippen LogP contribution in [0.4, 0.5) is 0 Å². The van der Waals surface area contributed by atoms with Gasteiger partial charge in [-0.15, -0.1) is 0 Å². The first kappa shape index (κ1) is 13.2. The molecule has 0 radical (unpaired) electrons. The van der Waals surface area contributed by atoms with Gasteiger partial charge in [0.1, 0.15) is 12.1 Å². The van der Waals surface area contributed by atoms with E-state index in [9.17, 15) is 0 Å². The molecule has 0 aliphatic carbocycles. The minimum absolute atomic E-state index is 0.0433. The van der Waals surface area contributed by atoms with Crippen molar-refractivity contribution in [2.45, 2.75) is 12.1 Å². The van der Waals surface area contributed by atoms with E-state index in [0.29, 0.717) is 24.9 Å². The fraction of sp³-hybridized carbons (Fsp3) is 0.429. The maximum Gasteiger partial charge on any atom is 0.246 e. The first-order valence-corrected chi connectivity index (χ1v) is 6.61. The van der Waals surface area contributed by atoms with Gasteiger partial charge in [-0.05, 0) is 5.56 Å². The summed E-state index contributed by atoms with van der Waals surface area (Å²) in [6.45, 7) is 2.04. The number of benzene rings is 1. The molecule has 20 heavy (non-hydrogen) atoms. The van der Waals surface area contributed by atoms with E-state index in [0.717, 1.165) is 12.1 Å². The van der Waals surface area contributed by atoms with Crippen LogP contribution < -0.4 is 5.32 Å². The van der Waals surface area contributed by atoms with Gasteiger partial charge < -0.3 is 19.3 Å². The van der Waals surface area contributed by atoms with Gasteiger partial charge in [-0.1, -0.05) is 35.5 Å². The van der Waals surface area contributed by atoms with E-state index in [1.807, 2.05) is 30.3 Å². The number of morpholine rings is 1. The van der Waals surface area contributed by atoms with Gasteiger partial charge in [0, 0.05) is 13.7 Å². The topological polar surface area (TPSA) is 69.4 Å². The van der Waals surface area contributed by atoms with Crippen molar-refractivity contribution in [3.05, 3.63) is 47.6 Å². The van der Waals surface area contributed by atoms with E-state index < -0.39 is 0 Å². The summed E-state index contributed by atoms with van der Waals surface area (Å²) in [5.74, 6) is 1.07. The van der Waals surface area contributed by atoms with Crippen LogP contribution in [0.5, 0.6) is 0 Å². The largest absolute Gasteiger partial charge is 0.378 e. The summed E-state index contributed by atoms with van der Waals surface area (Å²) >= 11 is 0.